The fraction of sp³-hybridized carbons (Fsp3) is 0.148. The first-order valence-corrected chi connectivity index (χ1v) is 10.4. The maximum Gasteiger partial charge on any atom is 0.223 e. The molecule has 1 N–H and O–H groups in total. The lowest BCUT2D eigenvalue weighted by Gasteiger charge is -2.13. The third kappa shape index (κ3) is 3.67. The van der Waals surface area contributed by atoms with Crippen LogP contribution in [0.4, 0.5) is 0 Å². The van der Waals surface area contributed by atoms with Crippen LogP contribution in [0, 0.1) is 5.92 Å². The fourth-order valence-electron chi connectivity index (χ4n) is 4.22. The zero-order valence-electron chi connectivity index (χ0n) is 16.7. The minimum atomic E-state index is 0.310. The minimum absolute atomic E-state index is 0.310. The minimum Gasteiger partial charge on any atom is -0.508 e. The molecule has 3 nitrogen and oxygen atoms in total. The zero-order chi connectivity index (χ0) is 20.3. The number of phenols is 1. The van der Waals surface area contributed by atoms with Crippen LogP contribution in [0.2, 0.25) is 0 Å². The van der Waals surface area contributed by atoms with Crippen LogP contribution in [0.5, 0.6) is 5.75 Å². The number of aromatic hydroxyl groups is 1. The average molecular weight is 393 g/mol. The van der Waals surface area contributed by atoms with Crippen molar-refractivity contribution in [2.75, 3.05) is 0 Å². The molecule has 4 aromatic rings. The van der Waals surface area contributed by atoms with Gasteiger partial charge in [-0.05, 0) is 42.9 Å². The Balaban J connectivity index is 1.53. The summed E-state index contributed by atoms with van der Waals surface area (Å²) in [5.74, 6) is 2.15. The number of aromatic nitrogens is 1. The topological polar surface area (TPSA) is 46.3 Å². The predicted molar refractivity (Wildman–Crippen MR) is 120 cm³/mol. The van der Waals surface area contributed by atoms with Gasteiger partial charge >= 0.3 is 0 Å². The summed E-state index contributed by atoms with van der Waals surface area (Å²) in [5, 5.41) is 9.82. The monoisotopic (exact) mass is 393 g/mol. The summed E-state index contributed by atoms with van der Waals surface area (Å²) < 4.78 is 6.40. The lowest BCUT2D eigenvalue weighted by molar-refractivity contribution is 0.474. The summed E-state index contributed by atoms with van der Waals surface area (Å²) in [6, 6.07) is 27.9. The molecule has 0 saturated heterocycles. The molecule has 1 aromatic heterocycles. The van der Waals surface area contributed by atoms with Crippen molar-refractivity contribution in [3.05, 3.63) is 102 Å². The molecule has 1 unspecified atom stereocenters. The third-order valence-corrected chi connectivity index (χ3v) is 5.67. The van der Waals surface area contributed by atoms with E-state index in [0.29, 0.717) is 17.6 Å². The number of benzene rings is 3. The molecule has 148 valence electrons. The van der Waals surface area contributed by atoms with Crippen molar-refractivity contribution >= 4 is 5.57 Å². The first kappa shape index (κ1) is 18.4. The molecule has 1 atom stereocenters. The summed E-state index contributed by atoms with van der Waals surface area (Å²) in [5.41, 5.74) is 5.25. The molecule has 0 spiro atoms. The molecular weight excluding hydrogens is 370 g/mol. The van der Waals surface area contributed by atoms with Gasteiger partial charge in [0.05, 0.1) is 0 Å². The second kappa shape index (κ2) is 8.03. The van der Waals surface area contributed by atoms with Crippen LogP contribution in [-0.2, 0) is 6.42 Å². The normalized spacial score (nSPS) is 15.9. The molecular formula is C27H23NO2. The maximum atomic E-state index is 9.82. The van der Waals surface area contributed by atoms with E-state index in [-0.39, 0.29) is 0 Å². The Labute approximate surface area is 176 Å². The number of oxazole rings is 1. The van der Waals surface area contributed by atoms with Crippen LogP contribution in [0.15, 0.2) is 95.4 Å². The van der Waals surface area contributed by atoms with Crippen molar-refractivity contribution in [2.45, 2.75) is 19.3 Å². The first-order valence-electron chi connectivity index (χ1n) is 10.4. The highest BCUT2D eigenvalue weighted by Gasteiger charge is 2.27. The Morgan fingerprint density at radius 2 is 1.60 bits per heavy atom. The molecule has 1 heterocycles. The Kier molecular flexibility index (Phi) is 4.94. The van der Waals surface area contributed by atoms with E-state index in [2.05, 4.69) is 36.4 Å². The Morgan fingerprint density at radius 3 is 2.33 bits per heavy atom. The lowest BCUT2D eigenvalue weighted by Crippen LogP contribution is -2.03. The highest BCUT2D eigenvalue weighted by Crippen LogP contribution is 2.40. The van der Waals surface area contributed by atoms with Gasteiger partial charge in [-0.25, -0.2) is 4.98 Å². The van der Waals surface area contributed by atoms with Crippen LogP contribution < -0.4 is 0 Å². The van der Waals surface area contributed by atoms with E-state index in [1.54, 1.807) is 6.07 Å². The zero-order valence-corrected chi connectivity index (χ0v) is 16.7. The van der Waals surface area contributed by atoms with E-state index in [0.717, 1.165) is 53.0 Å². The Morgan fingerprint density at radius 1 is 0.867 bits per heavy atom. The predicted octanol–water partition coefficient (Wildman–Crippen LogP) is 6.75. The van der Waals surface area contributed by atoms with Crippen molar-refractivity contribution in [2.24, 2.45) is 5.92 Å². The van der Waals surface area contributed by atoms with Gasteiger partial charge in [-0.1, -0.05) is 78.9 Å². The van der Waals surface area contributed by atoms with E-state index < -0.39 is 0 Å². The molecule has 3 aromatic carbocycles. The number of nitrogens with zero attached hydrogens (tertiary/aromatic N) is 1. The van der Waals surface area contributed by atoms with Gasteiger partial charge in [-0.3, -0.25) is 0 Å². The largest absolute Gasteiger partial charge is 0.508 e. The second-order valence-corrected chi connectivity index (χ2v) is 7.74. The Bertz CT molecular complexity index is 1120. The smallest absolute Gasteiger partial charge is 0.223 e. The molecule has 0 aliphatic heterocycles. The lowest BCUT2D eigenvalue weighted by atomic mass is 9.93. The van der Waals surface area contributed by atoms with Crippen LogP contribution in [0.25, 0.3) is 28.2 Å². The molecule has 1 aliphatic rings. The molecule has 0 bridgehead atoms. The van der Waals surface area contributed by atoms with Crippen molar-refractivity contribution < 1.29 is 9.52 Å². The van der Waals surface area contributed by atoms with E-state index in [1.807, 2.05) is 48.5 Å². The summed E-state index contributed by atoms with van der Waals surface area (Å²) >= 11 is 0. The van der Waals surface area contributed by atoms with Crippen molar-refractivity contribution in [3.63, 3.8) is 0 Å². The molecule has 30 heavy (non-hydrogen) atoms. The number of hydrogen-bond acceptors (Lipinski definition) is 3. The molecule has 0 fully saturated rings. The molecule has 0 amide bonds. The van der Waals surface area contributed by atoms with Gasteiger partial charge in [-0.2, -0.15) is 0 Å². The number of rotatable bonds is 5. The summed E-state index contributed by atoms with van der Waals surface area (Å²) in [6.07, 6.45) is 5.20. The molecule has 0 saturated carbocycles. The average Bonchev–Trinajstić information content (AvgIpc) is 3.42. The van der Waals surface area contributed by atoms with E-state index in [4.69, 9.17) is 9.40 Å². The highest BCUT2D eigenvalue weighted by atomic mass is 16.4. The van der Waals surface area contributed by atoms with Crippen LogP contribution >= 0.6 is 0 Å². The quantitative estimate of drug-likeness (QED) is 0.408. The van der Waals surface area contributed by atoms with Gasteiger partial charge in [0.1, 0.15) is 11.4 Å². The van der Waals surface area contributed by atoms with Crippen LogP contribution in [0.1, 0.15) is 24.3 Å². The Hall–Kier alpha value is -3.59. The molecule has 5 rings (SSSR count). The molecule has 3 heteroatoms. The van der Waals surface area contributed by atoms with Crippen molar-refractivity contribution in [1.29, 1.82) is 0 Å². The van der Waals surface area contributed by atoms with Gasteiger partial charge in [0.25, 0.3) is 0 Å². The van der Waals surface area contributed by atoms with Gasteiger partial charge in [0, 0.05) is 16.7 Å². The van der Waals surface area contributed by atoms with Gasteiger partial charge in [0.15, 0.2) is 5.76 Å². The van der Waals surface area contributed by atoms with Gasteiger partial charge in [0.2, 0.25) is 5.89 Å². The van der Waals surface area contributed by atoms with Gasteiger partial charge in [-0.15, -0.1) is 0 Å². The van der Waals surface area contributed by atoms with Crippen LogP contribution in [-0.4, -0.2) is 10.1 Å². The van der Waals surface area contributed by atoms with E-state index in [9.17, 15) is 5.11 Å². The number of hydrogen-bond donors (Lipinski definition) is 1. The van der Waals surface area contributed by atoms with E-state index in [1.165, 1.54) is 0 Å². The summed E-state index contributed by atoms with van der Waals surface area (Å²) in [7, 11) is 0. The molecule has 0 radical (unpaired) electrons. The third-order valence-electron chi connectivity index (χ3n) is 5.67. The second-order valence-electron chi connectivity index (χ2n) is 7.74. The molecule has 1 aliphatic carbocycles. The van der Waals surface area contributed by atoms with Gasteiger partial charge < -0.3 is 9.52 Å². The van der Waals surface area contributed by atoms with Crippen molar-refractivity contribution in [1.82, 2.24) is 4.98 Å². The number of allylic oxidation sites excluding steroid dienone is 2. The summed E-state index contributed by atoms with van der Waals surface area (Å²) in [6.45, 7) is 0. The maximum absolute atomic E-state index is 9.82. The fourth-order valence-corrected chi connectivity index (χ4v) is 4.22. The number of phenolic OH excluding ortho intramolecular Hbond substituents is 1. The SMILES string of the molecule is Oc1cccc(CC2CCC=C2c2nc(-c3ccccc3)c(-c3ccccc3)o2)c1. The van der Waals surface area contributed by atoms with E-state index >= 15 is 0 Å². The first-order chi connectivity index (χ1) is 14.8. The highest BCUT2D eigenvalue weighted by molar-refractivity contribution is 5.79. The van der Waals surface area contributed by atoms with Crippen LogP contribution in [0.3, 0.4) is 0 Å². The van der Waals surface area contributed by atoms with Crippen molar-refractivity contribution in [3.8, 4) is 28.3 Å². The standard InChI is InChI=1S/C27H23NO2/c29-23-15-7-9-19(18-23)17-22-14-8-16-24(22)27-28-25(20-10-3-1-4-11-20)26(30-27)21-12-5-2-6-13-21/h1-7,9-13,15-16,18,22,29H,8,14,17H2. The summed E-state index contributed by atoms with van der Waals surface area (Å²) in [4.78, 5) is 4.96.